The molecule has 4 nitrogen and oxygen atoms in total. The zero-order valence-electron chi connectivity index (χ0n) is 9.63. The number of benzene rings is 1. The van der Waals surface area contributed by atoms with E-state index in [4.69, 9.17) is 5.73 Å². The lowest BCUT2D eigenvalue weighted by Crippen LogP contribution is -2.46. The molecule has 0 fully saturated rings. The molecule has 4 heteroatoms. The summed E-state index contributed by atoms with van der Waals surface area (Å²) in [5.41, 5.74) is 6.80. The van der Waals surface area contributed by atoms with Gasteiger partial charge in [0.15, 0.2) is 0 Å². The molecule has 0 radical (unpaired) electrons. The number of amides is 1. The molecular weight excluding hydrogens is 204 g/mol. The minimum absolute atomic E-state index is 0.358. The number of aliphatic hydroxyl groups is 1. The maximum Gasteiger partial charge on any atom is 0.252 e. The fraction of sp³-hybridized carbons (Fsp3) is 0.417. The van der Waals surface area contributed by atoms with Crippen molar-refractivity contribution in [2.75, 3.05) is 14.1 Å². The number of nitrogens with zero attached hydrogens (tertiary/aromatic N) is 1. The zero-order valence-corrected chi connectivity index (χ0v) is 9.63. The molecule has 0 aromatic heterocycles. The Balaban J connectivity index is 2.59. The number of carbonyl (C=O) groups excluding carboxylic acids is 1. The number of likely N-dealkylation sites (N-methyl/N-ethyl adjacent to an activating group) is 1. The molecule has 1 aromatic rings. The largest absolute Gasteiger partial charge is 0.382 e. The van der Waals surface area contributed by atoms with E-state index in [0.29, 0.717) is 6.42 Å². The Morgan fingerprint density at radius 1 is 1.38 bits per heavy atom. The number of hydrogen-bond acceptors (Lipinski definition) is 3. The van der Waals surface area contributed by atoms with Crippen LogP contribution in [0, 0.1) is 0 Å². The smallest absolute Gasteiger partial charge is 0.252 e. The SMILES string of the molecule is CN(C)C(=O)C(O)[C@@H](N)Cc1ccccc1. The highest BCUT2D eigenvalue weighted by Crippen LogP contribution is 2.05. The van der Waals surface area contributed by atoms with Gasteiger partial charge in [0.1, 0.15) is 6.10 Å². The fourth-order valence-corrected chi connectivity index (χ4v) is 1.45. The van der Waals surface area contributed by atoms with E-state index in [-0.39, 0.29) is 5.91 Å². The first-order valence-corrected chi connectivity index (χ1v) is 5.21. The Hall–Kier alpha value is -1.39. The quantitative estimate of drug-likeness (QED) is 0.754. The van der Waals surface area contributed by atoms with Crippen molar-refractivity contribution in [3.8, 4) is 0 Å². The van der Waals surface area contributed by atoms with Crippen molar-refractivity contribution in [1.82, 2.24) is 4.90 Å². The first-order chi connectivity index (χ1) is 7.52. The molecule has 1 amide bonds. The summed E-state index contributed by atoms with van der Waals surface area (Å²) in [7, 11) is 3.20. The van der Waals surface area contributed by atoms with E-state index in [9.17, 15) is 9.90 Å². The molecule has 1 unspecified atom stereocenters. The Morgan fingerprint density at radius 2 is 1.94 bits per heavy atom. The van der Waals surface area contributed by atoms with E-state index in [0.717, 1.165) is 5.56 Å². The topological polar surface area (TPSA) is 66.6 Å². The van der Waals surface area contributed by atoms with Gasteiger partial charge >= 0.3 is 0 Å². The number of carbonyl (C=O) groups is 1. The standard InChI is InChI=1S/C12H18N2O2/c1-14(2)12(16)11(15)10(13)8-9-6-4-3-5-7-9/h3-7,10-11,15H,8,13H2,1-2H3/t10-,11?/m0/s1. The maximum absolute atomic E-state index is 11.5. The van der Waals surface area contributed by atoms with Crippen molar-refractivity contribution >= 4 is 5.91 Å². The molecule has 0 saturated heterocycles. The Labute approximate surface area is 95.7 Å². The Bertz CT molecular complexity index is 338. The first kappa shape index (κ1) is 12.7. The van der Waals surface area contributed by atoms with Gasteiger partial charge in [-0.05, 0) is 12.0 Å². The molecule has 0 heterocycles. The molecule has 0 aliphatic carbocycles. The lowest BCUT2D eigenvalue weighted by Gasteiger charge is -2.21. The molecule has 0 bridgehead atoms. The van der Waals surface area contributed by atoms with Gasteiger partial charge < -0.3 is 15.7 Å². The molecule has 16 heavy (non-hydrogen) atoms. The van der Waals surface area contributed by atoms with Crippen molar-refractivity contribution in [3.63, 3.8) is 0 Å². The van der Waals surface area contributed by atoms with Crippen molar-refractivity contribution < 1.29 is 9.90 Å². The summed E-state index contributed by atoms with van der Waals surface area (Å²) in [5.74, 6) is -0.358. The highest BCUT2D eigenvalue weighted by molar-refractivity contribution is 5.80. The number of rotatable bonds is 4. The van der Waals surface area contributed by atoms with Gasteiger partial charge in [-0.25, -0.2) is 0 Å². The zero-order chi connectivity index (χ0) is 12.1. The predicted molar refractivity (Wildman–Crippen MR) is 62.8 cm³/mol. The summed E-state index contributed by atoms with van der Waals surface area (Å²) >= 11 is 0. The summed E-state index contributed by atoms with van der Waals surface area (Å²) in [6.45, 7) is 0. The van der Waals surface area contributed by atoms with Crippen LogP contribution in [0.5, 0.6) is 0 Å². The van der Waals surface area contributed by atoms with Gasteiger partial charge in [0, 0.05) is 20.1 Å². The summed E-state index contributed by atoms with van der Waals surface area (Å²) in [5, 5.41) is 9.70. The van der Waals surface area contributed by atoms with Crippen LogP contribution in [0.25, 0.3) is 0 Å². The first-order valence-electron chi connectivity index (χ1n) is 5.21. The fourth-order valence-electron chi connectivity index (χ4n) is 1.45. The van der Waals surface area contributed by atoms with E-state index in [1.165, 1.54) is 4.90 Å². The molecule has 1 aromatic carbocycles. The van der Waals surface area contributed by atoms with Gasteiger partial charge in [0.25, 0.3) is 5.91 Å². The predicted octanol–water partition coefficient (Wildman–Crippen LogP) is 0.00550. The van der Waals surface area contributed by atoms with Crippen LogP contribution >= 0.6 is 0 Å². The van der Waals surface area contributed by atoms with Gasteiger partial charge in [-0.2, -0.15) is 0 Å². The van der Waals surface area contributed by atoms with E-state index in [1.54, 1.807) is 14.1 Å². The molecule has 0 saturated carbocycles. The second-order valence-electron chi connectivity index (χ2n) is 4.03. The van der Waals surface area contributed by atoms with E-state index in [1.807, 2.05) is 30.3 Å². The van der Waals surface area contributed by atoms with Gasteiger partial charge in [0.05, 0.1) is 0 Å². The molecule has 2 atom stereocenters. The van der Waals surface area contributed by atoms with Crippen LogP contribution in [0.1, 0.15) is 5.56 Å². The normalized spacial score (nSPS) is 14.2. The highest BCUT2D eigenvalue weighted by atomic mass is 16.3. The summed E-state index contributed by atoms with van der Waals surface area (Å²) in [6, 6.07) is 9.00. The molecule has 0 aliphatic rings. The van der Waals surface area contributed by atoms with Crippen LogP contribution in [-0.4, -0.2) is 42.2 Å². The Kier molecular flexibility index (Phi) is 4.46. The van der Waals surface area contributed by atoms with Crippen LogP contribution in [0.4, 0.5) is 0 Å². The van der Waals surface area contributed by atoms with E-state index >= 15 is 0 Å². The number of nitrogens with two attached hydrogens (primary N) is 1. The molecule has 1 rings (SSSR count). The van der Waals surface area contributed by atoms with E-state index < -0.39 is 12.1 Å². The lowest BCUT2D eigenvalue weighted by molar-refractivity contribution is -0.138. The van der Waals surface area contributed by atoms with Crippen LogP contribution in [0.2, 0.25) is 0 Å². The number of hydrogen-bond donors (Lipinski definition) is 2. The van der Waals surface area contributed by atoms with Crippen LogP contribution in [0.15, 0.2) is 30.3 Å². The van der Waals surface area contributed by atoms with Crippen molar-refractivity contribution in [1.29, 1.82) is 0 Å². The minimum atomic E-state index is -1.14. The molecule has 3 N–H and O–H groups in total. The molecule has 0 spiro atoms. The third-order valence-electron chi connectivity index (χ3n) is 2.41. The second kappa shape index (κ2) is 5.63. The van der Waals surface area contributed by atoms with Gasteiger partial charge in [-0.1, -0.05) is 30.3 Å². The summed E-state index contributed by atoms with van der Waals surface area (Å²) in [4.78, 5) is 12.8. The maximum atomic E-state index is 11.5. The third-order valence-corrected chi connectivity index (χ3v) is 2.41. The average Bonchev–Trinajstić information content (AvgIpc) is 2.28. The van der Waals surface area contributed by atoms with Crippen molar-refractivity contribution in [2.45, 2.75) is 18.6 Å². The monoisotopic (exact) mass is 222 g/mol. The van der Waals surface area contributed by atoms with Crippen molar-refractivity contribution in [2.24, 2.45) is 5.73 Å². The average molecular weight is 222 g/mol. The van der Waals surface area contributed by atoms with Gasteiger partial charge in [-0.15, -0.1) is 0 Å². The molecule has 0 aliphatic heterocycles. The van der Waals surface area contributed by atoms with Crippen LogP contribution in [0.3, 0.4) is 0 Å². The lowest BCUT2D eigenvalue weighted by atomic mass is 10.0. The van der Waals surface area contributed by atoms with Crippen LogP contribution < -0.4 is 5.73 Å². The summed E-state index contributed by atoms with van der Waals surface area (Å²) < 4.78 is 0. The number of aliphatic hydroxyl groups excluding tert-OH is 1. The highest BCUT2D eigenvalue weighted by Gasteiger charge is 2.24. The van der Waals surface area contributed by atoms with Crippen LogP contribution in [-0.2, 0) is 11.2 Å². The third kappa shape index (κ3) is 3.32. The minimum Gasteiger partial charge on any atom is -0.382 e. The van der Waals surface area contributed by atoms with E-state index in [2.05, 4.69) is 0 Å². The van der Waals surface area contributed by atoms with Gasteiger partial charge in [0.2, 0.25) is 0 Å². The Morgan fingerprint density at radius 3 is 2.44 bits per heavy atom. The molecular formula is C12H18N2O2. The molecule has 88 valence electrons. The van der Waals surface area contributed by atoms with Crippen molar-refractivity contribution in [3.05, 3.63) is 35.9 Å². The van der Waals surface area contributed by atoms with Gasteiger partial charge in [-0.3, -0.25) is 4.79 Å². The second-order valence-corrected chi connectivity index (χ2v) is 4.03. The summed E-state index contributed by atoms with van der Waals surface area (Å²) in [6.07, 6.45) is -0.656.